The molecule has 2 atom stereocenters. The Balaban J connectivity index is 3.61. The molecule has 0 aliphatic heterocycles. The van der Waals surface area contributed by atoms with Gasteiger partial charge >= 0.3 is 7.82 Å². The third kappa shape index (κ3) is 3.54. The van der Waals surface area contributed by atoms with Crippen LogP contribution >= 0.6 is 26.8 Å². The fourth-order valence-corrected chi connectivity index (χ4v) is 0.671. The maximum atomic E-state index is 10.0. The highest BCUT2D eigenvalue weighted by atomic mass is 31.2. The smallest absolute Gasteiger partial charge is 0.302 e. The molecule has 0 aromatic heterocycles. The van der Waals surface area contributed by atoms with Crippen LogP contribution in [0.2, 0.25) is 0 Å². The molecule has 0 amide bonds. The van der Waals surface area contributed by atoms with Crippen LogP contribution in [-0.4, -0.2) is 4.89 Å². The predicted octanol–water partition coefficient (Wildman–Crippen LogP) is 0.700. The molecule has 0 aliphatic carbocycles. The van der Waals surface area contributed by atoms with Crippen molar-refractivity contribution in [1.29, 1.82) is 0 Å². The minimum atomic E-state index is -3.73. The number of hydrogen-bond acceptors (Lipinski definition) is 3. The van der Waals surface area contributed by atoms with Gasteiger partial charge in [0, 0.05) is 18.9 Å². The van der Waals surface area contributed by atoms with Crippen molar-refractivity contribution >= 4 is 26.8 Å². The topological polar surface area (TPSA) is 55.8 Å². The lowest BCUT2D eigenvalue weighted by Gasteiger charge is -2.00. The van der Waals surface area contributed by atoms with E-state index in [9.17, 15) is 4.57 Å². The summed E-state index contributed by atoms with van der Waals surface area (Å²) in [4.78, 5) is 8.20. The van der Waals surface area contributed by atoms with E-state index >= 15 is 0 Å². The van der Waals surface area contributed by atoms with Gasteiger partial charge in [-0.05, 0) is 0 Å². The lowest BCUT2D eigenvalue weighted by molar-refractivity contribution is 0.322. The third-order valence-electron chi connectivity index (χ3n) is 0.266. The Labute approximate surface area is 45.8 Å². The van der Waals surface area contributed by atoms with Crippen LogP contribution in [0.5, 0.6) is 0 Å². The Kier molecular flexibility index (Phi) is 3.52. The number of hydrogen-bond donors (Lipinski definition) is 1. The molecule has 4 nitrogen and oxygen atoms in total. The van der Waals surface area contributed by atoms with E-state index in [0.29, 0.717) is 0 Å². The van der Waals surface area contributed by atoms with E-state index in [4.69, 9.17) is 4.89 Å². The highest BCUT2D eigenvalue weighted by Gasteiger charge is 2.14. The van der Waals surface area contributed by atoms with Crippen LogP contribution in [0.4, 0.5) is 0 Å². The normalized spacial score (nSPS) is 11.9. The van der Waals surface area contributed by atoms with Crippen molar-refractivity contribution < 1.29 is 18.1 Å². The Bertz CT molecular complexity index is 78.9. The molecular formula is H5O4P3. The maximum Gasteiger partial charge on any atom is 0.477 e. The average Bonchev–Trinajstić information content (AvgIpc) is 1.68. The second-order valence-electron chi connectivity index (χ2n) is 0.679. The van der Waals surface area contributed by atoms with Gasteiger partial charge < -0.3 is 4.89 Å². The molecule has 0 bridgehead atoms. The van der Waals surface area contributed by atoms with Gasteiger partial charge in [-0.25, -0.2) is 4.57 Å². The standard InChI is InChI=1S/H5O4P3/c1-7(2,3-5)4-6/h5-6H2,(H,1,2). The van der Waals surface area contributed by atoms with Gasteiger partial charge in [0.25, 0.3) is 0 Å². The average molecular weight is 162 g/mol. The van der Waals surface area contributed by atoms with Crippen LogP contribution in [-0.2, 0) is 13.2 Å². The Morgan fingerprint density at radius 1 is 1.43 bits per heavy atom. The molecule has 0 rings (SSSR count). The lowest BCUT2D eigenvalue weighted by Crippen LogP contribution is -1.72. The van der Waals surface area contributed by atoms with E-state index in [0.717, 1.165) is 0 Å². The molecule has 7 heavy (non-hydrogen) atoms. The summed E-state index contributed by atoms with van der Waals surface area (Å²) in [6.45, 7) is 0. The van der Waals surface area contributed by atoms with E-state index in [1.54, 1.807) is 18.9 Å². The summed E-state index contributed by atoms with van der Waals surface area (Å²) in [6.07, 6.45) is 0. The van der Waals surface area contributed by atoms with Crippen molar-refractivity contribution in [2.24, 2.45) is 0 Å². The third-order valence-corrected chi connectivity index (χ3v) is 2.40. The largest absolute Gasteiger partial charge is 0.477 e. The first kappa shape index (κ1) is 7.97. The monoisotopic (exact) mass is 162 g/mol. The molecule has 2 unspecified atom stereocenters. The Hall–Kier alpha value is 0.970. The minimum absolute atomic E-state index is 1.62. The molecule has 0 saturated heterocycles. The van der Waals surface area contributed by atoms with E-state index in [-0.39, 0.29) is 0 Å². The molecule has 0 heterocycles. The molecular weight excluding hydrogens is 157 g/mol. The minimum Gasteiger partial charge on any atom is -0.302 e. The van der Waals surface area contributed by atoms with Crippen molar-refractivity contribution in [3.63, 3.8) is 0 Å². The van der Waals surface area contributed by atoms with Crippen LogP contribution in [0, 0.1) is 0 Å². The molecule has 0 aliphatic rings. The van der Waals surface area contributed by atoms with Gasteiger partial charge in [0.05, 0.1) is 0 Å². The Morgan fingerprint density at radius 2 is 1.71 bits per heavy atom. The van der Waals surface area contributed by atoms with Gasteiger partial charge in [-0.3, -0.25) is 8.62 Å². The van der Waals surface area contributed by atoms with Crippen molar-refractivity contribution in [2.45, 2.75) is 0 Å². The summed E-state index contributed by atoms with van der Waals surface area (Å²) in [5.74, 6) is 0. The molecule has 0 fully saturated rings. The van der Waals surface area contributed by atoms with E-state index in [1.807, 2.05) is 0 Å². The maximum absolute atomic E-state index is 10.0. The summed E-state index contributed by atoms with van der Waals surface area (Å²) >= 11 is 0. The molecule has 7 heteroatoms. The molecule has 1 N–H and O–H groups in total. The first-order valence-electron chi connectivity index (χ1n) is 1.22. The zero-order valence-electron chi connectivity index (χ0n) is 3.27. The fourth-order valence-electron chi connectivity index (χ4n) is 0.0248. The quantitative estimate of drug-likeness (QED) is 0.607. The van der Waals surface area contributed by atoms with Gasteiger partial charge in [-0.15, -0.1) is 0 Å². The van der Waals surface area contributed by atoms with Gasteiger partial charge in [0.2, 0.25) is 0 Å². The molecule has 0 saturated carbocycles. The summed E-state index contributed by atoms with van der Waals surface area (Å²) in [5.41, 5.74) is 0. The van der Waals surface area contributed by atoms with Crippen LogP contribution in [0.1, 0.15) is 0 Å². The van der Waals surface area contributed by atoms with Crippen molar-refractivity contribution in [3.05, 3.63) is 0 Å². The SMILES string of the molecule is O=P(O)(OP)OP. The summed E-state index contributed by atoms with van der Waals surface area (Å²) in [6, 6.07) is 0. The van der Waals surface area contributed by atoms with E-state index in [1.165, 1.54) is 0 Å². The number of rotatable bonds is 2. The fraction of sp³-hybridized carbons (Fsp3) is 0. The number of phosphoric acid groups is 1. The molecule has 0 spiro atoms. The zero-order chi connectivity index (χ0) is 5.91. The summed E-state index contributed by atoms with van der Waals surface area (Å²) in [7, 11) is -0.493. The van der Waals surface area contributed by atoms with E-state index < -0.39 is 7.82 Å². The lowest BCUT2D eigenvalue weighted by atomic mass is 15.7. The van der Waals surface area contributed by atoms with Crippen LogP contribution in [0.3, 0.4) is 0 Å². The summed E-state index contributed by atoms with van der Waals surface area (Å²) < 4.78 is 17.8. The first-order valence-corrected chi connectivity index (χ1v) is 3.66. The molecule has 0 radical (unpaired) electrons. The second-order valence-corrected chi connectivity index (χ2v) is 3.30. The van der Waals surface area contributed by atoms with Gasteiger partial charge in [-0.2, -0.15) is 0 Å². The van der Waals surface area contributed by atoms with Crippen molar-refractivity contribution in [2.75, 3.05) is 0 Å². The first-order chi connectivity index (χ1) is 3.12. The predicted molar refractivity (Wildman–Crippen MR) is 31.4 cm³/mol. The van der Waals surface area contributed by atoms with Crippen LogP contribution < -0.4 is 0 Å². The van der Waals surface area contributed by atoms with Crippen molar-refractivity contribution in [3.8, 4) is 0 Å². The Morgan fingerprint density at radius 3 is 1.71 bits per heavy atom. The van der Waals surface area contributed by atoms with Gasteiger partial charge in [-0.1, -0.05) is 0 Å². The zero-order valence-corrected chi connectivity index (χ0v) is 6.48. The van der Waals surface area contributed by atoms with Gasteiger partial charge in [0.1, 0.15) is 0 Å². The van der Waals surface area contributed by atoms with Crippen LogP contribution in [0.25, 0.3) is 0 Å². The van der Waals surface area contributed by atoms with Crippen LogP contribution in [0.15, 0.2) is 0 Å². The molecule has 44 valence electrons. The summed E-state index contributed by atoms with van der Waals surface area (Å²) in [5, 5.41) is 0. The van der Waals surface area contributed by atoms with E-state index in [2.05, 4.69) is 8.62 Å². The molecule has 0 aromatic rings. The van der Waals surface area contributed by atoms with Crippen molar-refractivity contribution in [1.82, 2.24) is 0 Å². The van der Waals surface area contributed by atoms with Gasteiger partial charge in [0.15, 0.2) is 0 Å². The highest BCUT2D eigenvalue weighted by Crippen LogP contribution is 2.47. The second kappa shape index (κ2) is 3.09. The molecule has 0 aromatic carbocycles. The highest BCUT2D eigenvalue weighted by molar-refractivity contribution is 7.55.